The Labute approximate surface area is 136 Å². The molecule has 2 amide bonds. The van der Waals surface area contributed by atoms with Crippen molar-refractivity contribution in [2.45, 2.75) is 6.10 Å². The summed E-state index contributed by atoms with van der Waals surface area (Å²) < 4.78 is 12.1. The minimum atomic E-state index is -0.217. The molecular formula is C16H15N3O3S. The van der Waals surface area contributed by atoms with Crippen LogP contribution in [0.3, 0.4) is 0 Å². The predicted molar refractivity (Wildman–Crippen MR) is 87.6 cm³/mol. The van der Waals surface area contributed by atoms with Crippen molar-refractivity contribution >= 4 is 33.3 Å². The molecule has 0 aliphatic carbocycles. The van der Waals surface area contributed by atoms with Crippen LogP contribution in [-0.2, 0) is 4.74 Å². The zero-order valence-corrected chi connectivity index (χ0v) is 13.1. The van der Waals surface area contributed by atoms with Gasteiger partial charge in [0.15, 0.2) is 0 Å². The van der Waals surface area contributed by atoms with E-state index in [2.05, 4.69) is 10.3 Å². The third-order valence-electron chi connectivity index (χ3n) is 3.80. The van der Waals surface area contributed by atoms with Gasteiger partial charge in [-0.15, -0.1) is 11.3 Å². The van der Waals surface area contributed by atoms with Crippen LogP contribution in [-0.4, -0.2) is 35.6 Å². The Morgan fingerprint density at radius 3 is 3.22 bits per heavy atom. The lowest BCUT2D eigenvalue weighted by Gasteiger charge is -2.32. The topological polar surface area (TPSA) is 67.6 Å². The van der Waals surface area contributed by atoms with E-state index in [9.17, 15) is 4.79 Å². The summed E-state index contributed by atoms with van der Waals surface area (Å²) in [5.41, 5.74) is 3.43. The molecule has 1 fully saturated rings. The molecule has 1 unspecified atom stereocenters. The van der Waals surface area contributed by atoms with Crippen molar-refractivity contribution in [2.75, 3.05) is 25.0 Å². The van der Waals surface area contributed by atoms with E-state index in [4.69, 9.17) is 9.15 Å². The fourth-order valence-corrected chi connectivity index (χ4v) is 3.28. The first-order valence-electron chi connectivity index (χ1n) is 7.34. The zero-order valence-electron chi connectivity index (χ0n) is 12.3. The lowest BCUT2D eigenvalue weighted by molar-refractivity contribution is -0.0242. The van der Waals surface area contributed by atoms with Crippen molar-refractivity contribution in [1.29, 1.82) is 0 Å². The van der Waals surface area contributed by atoms with Crippen molar-refractivity contribution in [3.8, 4) is 0 Å². The quantitative estimate of drug-likeness (QED) is 0.781. The monoisotopic (exact) mass is 329 g/mol. The molecule has 1 aliphatic heterocycles. The second-order valence-electron chi connectivity index (χ2n) is 5.29. The molecule has 0 bridgehead atoms. The summed E-state index contributed by atoms with van der Waals surface area (Å²) in [7, 11) is 0. The minimum absolute atomic E-state index is 0.139. The Bertz CT molecular complexity index is 815. The number of ether oxygens (including phenoxy) is 1. The van der Waals surface area contributed by atoms with Crippen molar-refractivity contribution in [3.63, 3.8) is 0 Å². The second kappa shape index (κ2) is 6.02. The Morgan fingerprint density at radius 1 is 1.39 bits per heavy atom. The van der Waals surface area contributed by atoms with Crippen LogP contribution in [0.4, 0.5) is 10.5 Å². The molecule has 6 nitrogen and oxygen atoms in total. The number of carbonyl (C=O) groups is 1. The first-order valence-corrected chi connectivity index (χ1v) is 8.22. The van der Waals surface area contributed by atoms with Gasteiger partial charge in [-0.1, -0.05) is 0 Å². The summed E-state index contributed by atoms with van der Waals surface area (Å²) in [6, 6.07) is 9.28. The fraction of sp³-hybridized carbons (Fsp3) is 0.250. The lowest BCUT2D eigenvalue weighted by atomic mass is 10.2. The molecule has 0 radical (unpaired) electrons. The SMILES string of the molecule is O=C(Nc1ccc2scnc2c1)N1CCOC(c2ccco2)C1. The average molecular weight is 329 g/mol. The molecule has 7 heteroatoms. The van der Waals surface area contributed by atoms with Gasteiger partial charge in [-0.25, -0.2) is 9.78 Å². The average Bonchev–Trinajstić information content (AvgIpc) is 3.26. The molecule has 23 heavy (non-hydrogen) atoms. The molecule has 1 aromatic carbocycles. The van der Waals surface area contributed by atoms with Crippen molar-refractivity contribution in [1.82, 2.24) is 9.88 Å². The zero-order chi connectivity index (χ0) is 15.6. The molecule has 0 saturated carbocycles. The van der Waals surface area contributed by atoms with Gasteiger partial charge in [0, 0.05) is 12.2 Å². The number of amides is 2. The maximum atomic E-state index is 12.5. The normalized spacial score (nSPS) is 18.3. The standard InChI is InChI=1S/C16H15N3O3S/c20-16(18-11-3-4-15-12(8-11)17-10-23-15)19-5-7-22-14(9-19)13-2-1-6-21-13/h1-4,6,8,10,14H,5,7,9H2,(H,18,20). The molecule has 1 atom stereocenters. The molecular weight excluding hydrogens is 314 g/mol. The van der Waals surface area contributed by atoms with Crippen molar-refractivity contribution in [3.05, 3.63) is 47.9 Å². The van der Waals surface area contributed by atoms with Crippen LogP contribution in [0.15, 0.2) is 46.5 Å². The fourth-order valence-electron chi connectivity index (χ4n) is 2.62. The van der Waals surface area contributed by atoms with Gasteiger partial charge >= 0.3 is 6.03 Å². The Hall–Kier alpha value is -2.38. The van der Waals surface area contributed by atoms with E-state index >= 15 is 0 Å². The molecule has 3 aromatic rings. The van der Waals surface area contributed by atoms with Crippen LogP contribution in [0.25, 0.3) is 10.2 Å². The van der Waals surface area contributed by atoms with Crippen molar-refractivity contribution in [2.24, 2.45) is 0 Å². The van der Waals surface area contributed by atoms with E-state index in [1.165, 1.54) is 0 Å². The first kappa shape index (κ1) is 14.2. The van der Waals surface area contributed by atoms with E-state index in [1.807, 2.05) is 30.3 Å². The third kappa shape index (κ3) is 2.93. The number of hydrogen-bond donors (Lipinski definition) is 1. The number of benzene rings is 1. The molecule has 0 spiro atoms. The van der Waals surface area contributed by atoms with Crippen molar-refractivity contribution < 1.29 is 13.9 Å². The number of nitrogens with zero attached hydrogens (tertiary/aromatic N) is 2. The number of urea groups is 1. The van der Waals surface area contributed by atoms with Gasteiger partial charge in [0.25, 0.3) is 0 Å². The summed E-state index contributed by atoms with van der Waals surface area (Å²) in [5.74, 6) is 0.742. The van der Waals surface area contributed by atoms with Crippen LogP contribution < -0.4 is 5.32 Å². The first-order chi connectivity index (χ1) is 11.3. The molecule has 1 N–H and O–H groups in total. The Kier molecular flexibility index (Phi) is 3.72. The van der Waals surface area contributed by atoms with Crippen LogP contribution in [0.5, 0.6) is 0 Å². The highest BCUT2D eigenvalue weighted by Gasteiger charge is 2.27. The number of anilines is 1. The highest BCUT2D eigenvalue weighted by atomic mass is 32.1. The largest absolute Gasteiger partial charge is 0.467 e. The molecule has 4 rings (SSSR count). The van der Waals surface area contributed by atoms with Crippen LogP contribution in [0.2, 0.25) is 0 Å². The highest BCUT2D eigenvalue weighted by Crippen LogP contribution is 2.24. The van der Waals surface area contributed by atoms with E-state index < -0.39 is 0 Å². The second-order valence-corrected chi connectivity index (χ2v) is 6.17. The maximum Gasteiger partial charge on any atom is 0.322 e. The van der Waals surface area contributed by atoms with Gasteiger partial charge in [-0.3, -0.25) is 0 Å². The number of thiazole rings is 1. The number of hydrogen-bond acceptors (Lipinski definition) is 5. The summed E-state index contributed by atoms with van der Waals surface area (Å²) in [5, 5.41) is 2.92. The van der Waals surface area contributed by atoms with Gasteiger partial charge in [0.2, 0.25) is 0 Å². The highest BCUT2D eigenvalue weighted by molar-refractivity contribution is 7.16. The smallest absolute Gasteiger partial charge is 0.322 e. The van der Waals surface area contributed by atoms with Gasteiger partial charge < -0.3 is 19.4 Å². The molecule has 3 heterocycles. The number of fused-ring (bicyclic) bond motifs is 1. The molecule has 1 aliphatic rings. The summed E-state index contributed by atoms with van der Waals surface area (Å²) in [6.07, 6.45) is 1.39. The summed E-state index contributed by atoms with van der Waals surface area (Å²) in [6.45, 7) is 1.52. The van der Waals surface area contributed by atoms with Gasteiger partial charge in [-0.2, -0.15) is 0 Å². The molecule has 118 valence electrons. The van der Waals surface area contributed by atoms with Crippen LogP contribution in [0.1, 0.15) is 11.9 Å². The predicted octanol–water partition coefficient (Wildman–Crippen LogP) is 3.49. The van der Waals surface area contributed by atoms with E-state index in [1.54, 1.807) is 28.0 Å². The summed E-state index contributed by atoms with van der Waals surface area (Å²) in [4.78, 5) is 18.5. The van der Waals surface area contributed by atoms with Crippen LogP contribution >= 0.6 is 11.3 Å². The number of furan rings is 1. The number of nitrogens with one attached hydrogen (secondary N) is 1. The third-order valence-corrected chi connectivity index (χ3v) is 4.61. The maximum absolute atomic E-state index is 12.5. The number of carbonyl (C=O) groups excluding carboxylic acids is 1. The van der Waals surface area contributed by atoms with E-state index in [0.29, 0.717) is 19.7 Å². The van der Waals surface area contributed by atoms with Crippen LogP contribution in [0, 0.1) is 0 Å². The number of aromatic nitrogens is 1. The molecule has 2 aromatic heterocycles. The van der Waals surface area contributed by atoms with Gasteiger partial charge in [0.05, 0.1) is 35.1 Å². The van der Waals surface area contributed by atoms with Gasteiger partial charge in [0.1, 0.15) is 11.9 Å². The Morgan fingerprint density at radius 2 is 2.35 bits per heavy atom. The lowest BCUT2D eigenvalue weighted by Crippen LogP contribution is -2.44. The Balaban J connectivity index is 1.45. The number of rotatable bonds is 2. The van der Waals surface area contributed by atoms with Gasteiger partial charge in [-0.05, 0) is 30.3 Å². The molecule has 1 saturated heterocycles. The number of morpholine rings is 1. The van der Waals surface area contributed by atoms with E-state index in [0.717, 1.165) is 21.7 Å². The summed E-state index contributed by atoms with van der Waals surface area (Å²) >= 11 is 1.58. The minimum Gasteiger partial charge on any atom is -0.467 e. The van der Waals surface area contributed by atoms with E-state index in [-0.39, 0.29) is 12.1 Å².